The zero-order valence-corrected chi connectivity index (χ0v) is 11.1. The van der Waals surface area contributed by atoms with Crippen LogP contribution in [0.5, 0.6) is 5.75 Å². The van der Waals surface area contributed by atoms with Gasteiger partial charge < -0.3 is 10.8 Å². The summed E-state index contributed by atoms with van der Waals surface area (Å²) in [4.78, 5) is 0. The zero-order valence-electron chi connectivity index (χ0n) is 10.3. The molecule has 0 spiro atoms. The molecule has 4 heteroatoms. The van der Waals surface area contributed by atoms with Crippen LogP contribution in [0.2, 0.25) is 5.02 Å². The van der Waals surface area contributed by atoms with E-state index >= 15 is 0 Å². The van der Waals surface area contributed by atoms with E-state index in [-0.39, 0.29) is 17.6 Å². The number of benzene rings is 2. The number of phenolic OH excluding ortho intramolecular Hbond substituents is 1. The van der Waals surface area contributed by atoms with Gasteiger partial charge in [0.15, 0.2) is 0 Å². The Morgan fingerprint density at radius 3 is 2.63 bits per heavy atom. The lowest BCUT2D eigenvalue weighted by molar-refractivity contribution is 0.474. The molecule has 1 unspecified atom stereocenters. The van der Waals surface area contributed by atoms with E-state index in [4.69, 9.17) is 17.3 Å². The van der Waals surface area contributed by atoms with Crippen molar-refractivity contribution < 1.29 is 9.50 Å². The van der Waals surface area contributed by atoms with Crippen molar-refractivity contribution in [3.8, 4) is 5.75 Å². The molecule has 0 bridgehead atoms. The van der Waals surface area contributed by atoms with Crippen molar-refractivity contribution in [2.24, 2.45) is 5.73 Å². The Morgan fingerprint density at radius 1 is 1.16 bits per heavy atom. The Balaban J connectivity index is 2.03. The summed E-state index contributed by atoms with van der Waals surface area (Å²) in [6.07, 6.45) is 1.19. The third-order valence-electron chi connectivity index (χ3n) is 2.91. The molecule has 0 aliphatic carbocycles. The molecule has 0 saturated heterocycles. The van der Waals surface area contributed by atoms with E-state index < -0.39 is 0 Å². The SMILES string of the molecule is NC(Cc1cccc(O)c1)Cc1ccc(F)cc1Cl. The fourth-order valence-electron chi connectivity index (χ4n) is 2.03. The van der Waals surface area contributed by atoms with Gasteiger partial charge >= 0.3 is 0 Å². The number of halogens is 2. The van der Waals surface area contributed by atoms with Crippen LogP contribution in [0.25, 0.3) is 0 Å². The highest BCUT2D eigenvalue weighted by molar-refractivity contribution is 6.31. The first kappa shape index (κ1) is 13.8. The summed E-state index contributed by atoms with van der Waals surface area (Å²) in [5.41, 5.74) is 7.85. The first-order valence-corrected chi connectivity index (χ1v) is 6.40. The van der Waals surface area contributed by atoms with Crippen LogP contribution in [0.1, 0.15) is 11.1 Å². The van der Waals surface area contributed by atoms with E-state index in [1.807, 2.05) is 6.07 Å². The third-order valence-corrected chi connectivity index (χ3v) is 3.26. The molecular weight excluding hydrogens is 265 g/mol. The quantitative estimate of drug-likeness (QED) is 0.902. The summed E-state index contributed by atoms with van der Waals surface area (Å²) < 4.78 is 12.9. The van der Waals surface area contributed by atoms with Crippen molar-refractivity contribution in [3.05, 3.63) is 64.4 Å². The molecule has 0 amide bonds. The van der Waals surface area contributed by atoms with Gasteiger partial charge in [-0.15, -0.1) is 0 Å². The van der Waals surface area contributed by atoms with Crippen molar-refractivity contribution in [2.45, 2.75) is 18.9 Å². The van der Waals surface area contributed by atoms with Gasteiger partial charge in [0.25, 0.3) is 0 Å². The van der Waals surface area contributed by atoms with E-state index in [1.54, 1.807) is 24.3 Å². The molecular formula is C15H15ClFNO. The van der Waals surface area contributed by atoms with Crippen molar-refractivity contribution in [1.82, 2.24) is 0 Å². The molecule has 0 heterocycles. The molecule has 100 valence electrons. The van der Waals surface area contributed by atoms with Crippen molar-refractivity contribution in [2.75, 3.05) is 0 Å². The molecule has 3 N–H and O–H groups in total. The molecule has 0 aliphatic rings. The molecule has 2 rings (SSSR count). The minimum Gasteiger partial charge on any atom is -0.508 e. The summed E-state index contributed by atoms with van der Waals surface area (Å²) in [5, 5.41) is 9.78. The summed E-state index contributed by atoms with van der Waals surface area (Å²) in [6.45, 7) is 0. The van der Waals surface area contributed by atoms with Crippen molar-refractivity contribution in [3.63, 3.8) is 0 Å². The van der Waals surface area contributed by atoms with Crippen molar-refractivity contribution in [1.29, 1.82) is 0 Å². The number of phenols is 1. The van der Waals surface area contributed by atoms with Gasteiger partial charge in [0.2, 0.25) is 0 Å². The molecule has 0 radical (unpaired) electrons. The smallest absolute Gasteiger partial charge is 0.124 e. The Labute approximate surface area is 116 Å². The maximum atomic E-state index is 12.9. The monoisotopic (exact) mass is 279 g/mol. The van der Waals surface area contributed by atoms with Crippen LogP contribution in [-0.2, 0) is 12.8 Å². The molecule has 2 aromatic carbocycles. The summed E-state index contributed by atoms with van der Waals surface area (Å²) in [6, 6.07) is 11.2. The fourth-order valence-corrected chi connectivity index (χ4v) is 2.27. The maximum Gasteiger partial charge on any atom is 0.124 e. The van der Waals surface area contributed by atoms with Gasteiger partial charge in [-0.05, 0) is 48.2 Å². The average Bonchev–Trinajstić information content (AvgIpc) is 2.33. The van der Waals surface area contributed by atoms with Crippen LogP contribution in [-0.4, -0.2) is 11.1 Å². The molecule has 1 atom stereocenters. The lowest BCUT2D eigenvalue weighted by Gasteiger charge is -2.13. The van der Waals surface area contributed by atoms with Crippen LogP contribution in [0, 0.1) is 5.82 Å². The first-order chi connectivity index (χ1) is 9.04. The van der Waals surface area contributed by atoms with E-state index in [0.717, 1.165) is 11.1 Å². The highest BCUT2D eigenvalue weighted by Crippen LogP contribution is 2.20. The highest BCUT2D eigenvalue weighted by Gasteiger charge is 2.09. The Hall–Kier alpha value is -1.58. The number of nitrogens with two attached hydrogens (primary N) is 1. The summed E-state index contributed by atoms with van der Waals surface area (Å²) >= 11 is 5.97. The predicted octanol–water partition coefficient (Wildman–Crippen LogP) is 3.30. The largest absolute Gasteiger partial charge is 0.508 e. The Kier molecular flexibility index (Phi) is 4.40. The van der Waals surface area contributed by atoms with Crippen molar-refractivity contribution >= 4 is 11.6 Å². The van der Waals surface area contributed by atoms with Gasteiger partial charge in [0.05, 0.1) is 0 Å². The summed E-state index contributed by atoms with van der Waals surface area (Å²) in [5.74, 6) is -0.125. The second kappa shape index (κ2) is 6.04. The zero-order chi connectivity index (χ0) is 13.8. The minimum absolute atomic E-state index is 0.134. The molecule has 19 heavy (non-hydrogen) atoms. The minimum atomic E-state index is -0.352. The lowest BCUT2D eigenvalue weighted by atomic mass is 9.99. The molecule has 0 aliphatic heterocycles. The predicted molar refractivity (Wildman–Crippen MR) is 74.9 cm³/mol. The maximum absolute atomic E-state index is 12.9. The molecule has 2 aromatic rings. The number of hydrogen-bond acceptors (Lipinski definition) is 2. The van der Waals surface area contributed by atoms with Gasteiger partial charge in [-0.25, -0.2) is 4.39 Å². The van der Waals surface area contributed by atoms with Crippen LogP contribution < -0.4 is 5.73 Å². The van der Waals surface area contributed by atoms with E-state index in [2.05, 4.69) is 0 Å². The van der Waals surface area contributed by atoms with Gasteiger partial charge in [-0.3, -0.25) is 0 Å². The van der Waals surface area contributed by atoms with Crippen LogP contribution in [0.15, 0.2) is 42.5 Å². The number of aromatic hydroxyl groups is 1. The van der Waals surface area contributed by atoms with Gasteiger partial charge in [-0.2, -0.15) is 0 Å². The molecule has 0 fully saturated rings. The van der Waals surface area contributed by atoms with Crippen LogP contribution in [0.3, 0.4) is 0 Å². The normalized spacial score (nSPS) is 12.4. The number of hydrogen-bond donors (Lipinski definition) is 2. The van der Waals surface area contributed by atoms with Gasteiger partial charge in [-0.1, -0.05) is 29.8 Å². The second-order valence-electron chi connectivity index (χ2n) is 4.57. The second-order valence-corrected chi connectivity index (χ2v) is 4.98. The Bertz CT molecular complexity index is 574. The fraction of sp³-hybridized carbons (Fsp3) is 0.200. The third kappa shape index (κ3) is 3.94. The van der Waals surface area contributed by atoms with Crippen LogP contribution >= 0.6 is 11.6 Å². The number of rotatable bonds is 4. The lowest BCUT2D eigenvalue weighted by Crippen LogP contribution is -2.25. The van der Waals surface area contributed by atoms with E-state index in [1.165, 1.54) is 12.1 Å². The Morgan fingerprint density at radius 2 is 1.95 bits per heavy atom. The first-order valence-electron chi connectivity index (χ1n) is 6.02. The molecule has 0 aromatic heterocycles. The summed E-state index contributed by atoms with van der Waals surface area (Å²) in [7, 11) is 0. The average molecular weight is 280 g/mol. The highest BCUT2D eigenvalue weighted by atomic mass is 35.5. The van der Waals surface area contributed by atoms with E-state index in [0.29, 0.717) is 17.9 Å². The van der Waals surface area contributed by atoms with E-state index in [9.17, 15) is 9.50 Å². The molecule has 0 saturated carbocycles. The van der Waals surface area contributed by atoms with Crippen LogP contribution in [0.4, 0.5) is 4.39 Å². The standard InChI is InChI=1S/C15H15ClFNO/c16-15-9-12(17)5-4-11(15)8-13(18)6-10-2-1-3-14(19)7-10/h1-5,7,9,13,19H,6,8,18H2. The topological polar surface area (TPSA) is 46.2 Å². The van der Waals surface area contributed by atoms with Gasteiger partial charge in [0, 0.05) is 11.1 Å². The molecule has 2 nitrogen and oxygen atoms in total. The van der Waals surface area contributed by atoms with Gasteiger partial charge in [0.1, 0.15) is 11.6 Å².